The maximum absolute atomic E-state index is 13.3. The molecule has 210 valence electrons. The van der Waals surface area contributed by atoms with E-state index in [-0.39, 0.29) is 25.7 Å². The highest BCUT2D eigenvalue weighted by Crippen LogP contribution is 2.07. The van der Waals surface area contributed by atoms with Crippen LogP contribution in [0.5, 0.6) is 0 Å². The van der Waals surface area contributed by atoms with Crippen LogP contribution in [0.1, 0.15) is 30.5 Å². The van der Waals surface area contributed by atoms with Crippen LogP contribution < -0.4 is 33.2 Å². The van der Waals surface area contributed by atoms with Crippen molar-refractivity contribution in [3.05, 3.63) is 54.1 Å². The molecule has 1 heterocycles. The number of carboxylic acids is 1. The van der Waals surface area contributed by atoms with Gasteiger partial charge in [-0.1, -0.05) is 30.3 Å². The van der Waals surface area contributed by atoms with Gasteiger partial charge in [0.25, 0.3) is 0 Å². The molecule has 2 rings (SSSR count). The second-order valence-corrected chi connectivity index (χ2v) is 8.77. The summed E-state index contributed by atoms with van der Waals surface area (Å²) >= 11 is 0. The molecule has 0 saturated carbocycles. The molecule has 2 aromatic rings. The lowest BCUT2D eigenvalue weighted by Gasteiger charge is -2.25. The summed E-state index contributed by atoms with van der Waals surface area (Å²) < 4.78 is 0. The van der Waals surface area contributed by atoms with Gasteiger partial charge in [0.15, 0.2) is 0 Å². The molecule has 0 saturated heterocycles. The fourth-order valence-corrected chi connectivity index (χ4v) is 3.56. The predicted octanol–water partition coefficient (Wildman–Crippen LogP) is -2.80. The Hall–Kier alpha value is -4.79. The van der Waals surface area contributed by atoms with E-state index in [9.17, 15) is 33.9 Å². The van der Waals surface area contributed by atoms with Crippen molar-refractivity contribution in [3.8, 4) is 0 Å². The molecule has 5 amide bonds. The van der Waals surface area contributed by atoms with Crippen molar-refractivity contribution in [2.75, 3.05) is 0 Å². The van der Waals surface area contributed by atoms with Crippen molar-refractivity contribution >= 4 is 35.5 Å². The van der Waals surface area contributed by atoms with Crippen molar-refractivity contribution in [2.24, 2.45) is 17.2 Å². The number of carbonyl (C=O) groups is 6. The van der Waals surface area contributed by atoms with Gasteiger partial charge in [0, 0.05) is 31.2 Å². The number of primary amides is 2. The number of aromatic nitrogens is 2. The average molecular weight is 545 g/mol. The lowest BCUT2D eigenvalue weighted by Crippen LogP contribution is -2.58. The first kappa shape index (κ1) is 30.4. The van der Waals surface area contributed by atoms with Gasteiger partial charge in [-0.05, 0) is 12.0 Å². The Morgan fingerprint density at radius 1 is 0.846 bits per heavy atom. The van der Waals surface area contributed by atoms with Gasteiger partial charge in [-0.3, -0.25) is 24.0 Å². The third-order valence-corrected chi connectivity index (χ3v) is 5.58. The van der Waals surface area contributed by atoms with Crippen LogP contribution in [-0.4, -0.2) is 74.7 Å². The Morgan fingerprint density at radius 3 is 2.03 bits per heavy atom. The fraction of sp³-hybridized carbons (Fsp3) is 0.375. The number of H-pyrrole nitrogens is 1. The number of imidazole rings is 1. The molecule has 39 heavy (non-hydrogen) atoms. The largest absolute Gasteiger partial charge is 0.480 e. The van der Waals surface area contributed by atoms with E-state index in [0.29, 0.717) is 11.3 Å². The highest BCUT2D eigenvalue weighted by molar-refractivity contribution is 5.96. The molecular weight excluding hydrogens is 512 g/mol. The van der Waals surface area contributed by atoms with Gasteiger partial charge in [-0.25, -0.2) is 9.78 Å². The first-order valence-corrected chi connectivity index (χ1v) is 11.9. The van der Waals surface area contributed by atoms with Gasteiger partial charge in [-0.15, -0.1) is 0 Å². The zero-order valence-electron chi connectivity index (χ0n) is 21.0. The highest BCUT2D eigenvalue weighted by Gasteiger charge is 2.31. The van der Waals surface area contributed by atoms with Gasteiger partial charge < -0.3 is 43.2 Å². The number of rotatable bonds is 16. The molecule has 4 unspecified atom stereocenters. The van der Waals surface area contributed by atoms with E-state index in [1.54, 1.807) is 30.3 Å². The molecule has 0 radical (unpaired) electrons. The van der Waals surface area contributed by atoms with Crippen LogP contribution in [0, 0.1) is 0 Å². The summed E-state index contributed by atoms with van der Waals surface area (Å²) in [6, 6.07) is 3.33. The number of carbonyl (C=O) groups excluding carboxylic acids is 5. The van der Waals surface area contributed by atoms with Crippen molar-refractivity contribution in [3.63, 3.8) is 0 Å². The summed E-state index contributed by atoms with van der Waals surface area (Å²) in [4.78, 5) is 79.8. The Morgan fingerprint density at radius 2 is 1.46 bits per heavy atom. The first-order chi connectivity index (χ1) is 18.5. The molecule has 0 aliphatic rings. The normalized spacial score (nSPS) is 13.8. The fourth-order valence-electron chi connectivity index (χ4n) is 3.56. The lowest BCUT2D eigenvalue weighted by atomic mass is 10.0. The molecule has 11 N–H and O–H groups in total. The van der Waals surface area contributed by atoms with Crippen LogP contribution in [0.4, 0.5) is 0 Å². The molecule has 0 aliphatic heterocycles. The van der Waals surface area contributed by atoms with Crippen molar-refractivity contribution in [1.82, 2.24) is 25.9 Å². The van der Waals surface area contributed by atoms with Crippen LogP contribution in [0.15, 0.2) is 42.9 Å². The number of aliphatic carboxylic acids is 1. The molecular formula is C24H32N8O7. The number of nitrogens with zero attached hydrogens (tertiary/aromatic N) is 1. The van der Waals surface area contributed by atoms with Crippen LogP contribution in [0.25, 0.3) is 0 Å². The van der Waals surface area contributed by atoms with Gasteiger partial charge in [0.05, 0.1) is 18.8 Å². The molecule has 0 spiro atoms. The predicted molar refractivity (Wildman–Crippen MR) is 136 cm³/mol. The monoisotopic (exact) mass is 544 g/mol. The average Bonchev–Trinajstić information content (AvgIpc) is 3.38. The van der Waals surface area contributed by atoms with Gasteiger partial charge in [0.1, 0.15) is 18.1 Å². The summed E-state index contributed by atoms with van der Waals surface area (Å²) in [5, 5.41) is 16.5. The molecule has 4 atom stereocenters. The number of hydrogen-bond donors (Lipinski definition) is 8. The van der Waals surface area contributed by atoms with Gasteiger partial charge in [0.2, 0.25) is 29.5 Å². The maximum atomic E-state index is 13.3. The Balaban J connectivity index is 2.19. The zero-order valence-corrected chi connectivity index (χ0v) is 21.0. The minimum Gasteiger partial charge on any atom is -0.480 e. The van der Waals surface area contributed by atoms with Crippen LogP contribution in [0.2, 0.25) is 0 Å². The quantitative estimate of drug-likeness (QED) is 0.108. The third-order valence-electron chi connectivity index (χ3n) is 5.58. The topological polar surface area (TPSA) is 265 Å². The van der Waals surface area contributed by atoms with E-state index in [2.05, 4.69) is 25.9 Å². The Bertz CT molecular complexity index is 1160. The lowest BCUT2D eigenvalue weighted by molar-refractivity contribution is -0.142. The summed E-state index contributed by atoms with van der Waals surface area (Å²) in [5.74, 6) is -5.71. The number of nitrogens with one attached hydrogen (secondary N) is 4. The number of nitrogens with two attached hydrogens (primary N) is 3. The summed E-state index contributed by atoms with van der Waals surface area (Å²) in [7, 11) is 0. The van der Waals surface area contributed by atoms with Crippen LogP contribution in [0.3, 0.4) is 0 Å². The van der Waals surface area contributed by atoms with Gasteiger partial charge >= 0.3 is 5.97 Å². The zero-order chi connectivity index (χ0) is 28.9. The minimum atomic E-state index is -1.57. The molecule has 0 fully saturated rings. The van der Waals surface area contributed by atoms with E-state index in [1.165, 1.54) is 12.5 Å². The number of amides is 5. The van der Waals surface area contributed by atoms with E-state index in [0.717, 1.165) is 0 Å². The minimum absolute atomic E-state index is 0.0104. The van der Waals surface area contributed by atoms with Crippen LogP contribution >= 0.6 is 0 Å². The molecule has 0 aliphatic carbocycles. The standard InChI is InChI=1S/C24H32N8O7/c25-15(9-14-11-28-12-29-14)21(35)31-17(8-13-4-2-1-3-5-13)22(36)32-18(10-20(27)34)23(37)30-16(24(38)39)6-7-19(26)33/h1-5,11-12,15-18H,6-10,25H2,(H2,26,33)(H2,27,34)(H,28,29)(H,30,37)(H,31,35)(H,32,36)(H,38,39). The number of benzene rings is 1. The Labute approximate surface area is 223 Å². The molecule has 1 aromatic heterocycles. The number of carboxylic acid groups (broad SMARTS) is 1. The summed E-state index contributed by atoms with van der Waals surface area (Å²) in [5.41, 5.74) is 17.6. The molecule has 0 bridgehead atoms. The SMILES string of the molecule is NC(=O)CCC(NC(=O)C(CC(N)=O)NC(=O)C(Cc1ccccc1)NC(=O)C(N)Cc1cnc[nH]1)C(=O)O. The van der Waals surface area contributed by atoms with E-state index in [4.69, 9.17) is 17.2 Å². The second kappa shape index (κ2) is 14.8. The summed E-state index contributed by atoms with van der Waals surface area (Å²) in [6.45, 7) is 0. The maximum Gasteiger partial charge on any atom is 0.326 e. The number of hydrogen-bond acceptors (Lipinski definition) is 8. The van der Waals surface area contributed by atoms with Crippen molar-refractivity contribution in [1.29, 1.82) is 0 Å². The molecule has 15 nitrogen and oxygen atoms in total. The highest BCUT2D eigenvalue weighted by atomic mass is 16.4. The van der Waals surface area contributed by atoms with Crippen molar-refractivity contribution < 1.29 is 33.9 Å². The molecule has 15 heteroatoms. The summed E-state index contributed by atoms with van der Waals surface area (Å²) in [6.07, 6.45) is 1.75. The second-order valence-electron chi connectivity index (χ2n) is 8.77. The first-order valence-electron chi connectivity index (χ1n) is 11.9. The third kappa shape index (κ3) is 10.6. The van der Waals surface area contributed by atoms with E-state index < -0.39 is 66.1 Å². The molecule has 1 aromatic carbocycles. The smallest absolute Gasteiger partial charge is 0.326 e. The Kier molecular flexibility index (Phi) is 11.6. The van der Waals surface area contributed by atoms with E-state index in [1.807, 2.05) is 0 Å². The number of aromatic amines is 1. The van der Waals surface area contributed by atoms with Crippen LogP contribution in [-0.2, 0) is 41.6 Å². The van der Waals surface area contributed by atoms with Crippen molar-refractivity contribution in [2.45, 2.75) is 56.3 Å². The van der Waals surface area contributed by atoms with Gasteiger partial charge in [-0.2, -0.15) is 0 Å². The van der Waals surface area contributed by atoms with E-state index >= 15 is 0 Å².